The Morgan fingerprint density at radius 1 is 1.12 bits per heavy atom. The van der Waals surface area contributed by atoms with Gasteiger partial charge in [-0.2, -0.15) is 0 Å². The number of carbonyl (C=O) groups is 1. The van der Waals surface area contributed by atoms with Crippen LogP contribution in [-0.2, 0) is 4.79 Å². The van der Waals surface area contributed by atoms with Crippen molar-refractivity contribution in [3.63, 3.8) is 0 Å². The van der Waals surface area contributed by atoms with Gasteiger partial charge < -0.3 is 10.1 Å². The molecule has 0 saturated carbocycles. The molecule has 2 aliphatic heterocycles. The molecule has 1 N–H and O–H groups in total. The third-order valence-corrected chi connectivity index (χ3v) is 5.36. The number of rotatable bonds is 4. The summed E-state index contributed by atoms with van der Waals surface area (Å²) < 4.78 is 5.98. The van der Waals surface area contributed by atoms with Crippen molar-refractivity contribution >= 4 is 5.91 Å². The van der Waals surface area contributed by atoms with E-state index in [1.807, 2.05) is 48.5 Å². The zero-order valence-electron chi connectivity index (χ0n) is 14.6. The molecule has 0 unspecified atom stereocenters. The van der Waals surface area contributed by atoms with Gasteiger partial charge in [0.1, 0.15) is 11.5 Å². The lowest BCUT2D eigenvalue weighted by molar-refractivity contribution is -0.122. The number of amides is 1. The molecule has 0 radical (unpaired) electrons. The molecule has 2 aromatic rings. The molecule has 0 aliphatic carbocycles. The summed E-state index contributed by atoms with van der Waals surface area (Å²) in [6.45, 7) is 5.09. The number of hydrogen-bond acceptors (Lipinski definition) is 3. The monoisotopic (exact) mass is 336 g/mol. The Bertz CT molecular complexity index is 728. The van der Waals surface area contributed by atoms with Crippen molar-refractivity contribution in [3.05, 3.63) is 59.7 Å². The molecule has 0 bridgehead atoms. The Morgan fingerprint density at radius 3 is 2.40 bits per heavy atom. The summed E-state index contributed by atoms with van der Waals surface area (Å²) in [5, 5.41) is 3.20. The summed E-state index contributed by atoms with van der Waals surface area (Å²) in [6, 6.07) is 16.1. The van der Waals surface area contributed by atoms with E-state index in [0.29, 0.717) is 12.6 Å². The number of likely N-dealkylation sites (tertiary alicyclic amines) is 1. The maximum atomic E-state index is 13.1. The lowest BCUT2D eigenvalue weighted by Crippen LogP contribution is -2.42. The second-order valence-corrected chi connectivity index (χ2v) is 6.78. The molecule has 2 aliphatic rings. The van der Waals surface area contributed by atoms with Crippen LogP contribution in [0.25, 0.3) is 0 Å². The van der Waals surface area contributed by atoms with E-state index in [4.69, 9.17) is 4.74 Å². The molecular formula is C21H24N2O2. The smallest absolute Gasteiger partial charge is 0.232 e. The first-order chi connectivity index (χ1) is 12.3. The van der Waals surface area contributed by atoms with E-state index >= 15 is 0 Å². The quantitative estimate of drug-likeness (QED) is 0.929. The molecule has 2 aromatic carbocycles. The molecule has 1 amide bonds. The number of nitrogens with zero attached hydrogens (tertiary/aromatic N) is 1. The number of ether oxygens (including phenoxy) is 1. The van der Waals surface area contributed by atoms with Gasteiger partial charge in [-0.15, -0.1) is 0 Å². The predicted octanol–water partition coefficient (Wildman–Crippen LogP) is 3.52. The van der Waals surface area contributed by atoms with E-state index in [1.54, 1.807) is 0 Å². The van der Waals surface area contributed by atoms with Gasteiger partial charge >= 0.3 is 0 Å². The molecule has 1 fully saturated rings. The highest BCUT2D eigenvalue weighted by atomic mass is 16.5. The number of para-hydroxylation sites is 2. The number of fused-ring (bicyclic) bond motifs is 2. The fraction of sp³-hybridized carbons (Fsp3) is 0.381. The summed E-state index contributed by atoms with van der Waals surface area (Å²) in [4.78, 5) is 15.5. The predicted molar refractivity (Wildman–Crippen MR) is 98.1 cm³/mol. The van der Waals surface area contributed by atoms with E-state index in [2.05, 4.69) is 17.1 Å². The van der Waals surface area contributed by atoms with Gasteiger partial charge in [0.05, 0.1) is 5.92 Å². The molecule has 1 atom stereocenters. The minimum Gasteiger partial charge on any atom is -0.457 e. The van der Waals surface area contributed by atoms with Crippen LogP contribution in [0.15, 0.2) is 48.5 Å². The maximum Gasteiger partial charge on any atom is 0.232 e. The number of likely N-dealkylation sites (N-methyl/N-ethyl adjacent to an activating group) is 1. The number of benzene rings is 2. The minimum absolute atomic E-state index is 0.0613. The molecule has 25 heavy (non-hydrogen) atoms. The summed E-state index contributed by atoms with van der Waals surface area (Å²) in [5.74, 6) is 1.30. The zero-order valence-corrected chi connectivity index (χ0v) is 14.6. The normalized spacial score (nSPS) is 19.8. The van der Waals surface area contributed by atoms with E-state index in [-0.39, 0.29) is 11.8 Å². The molecule has 4 rings (SSSR count). The maximum absolute atomic E-state index is 13.1. The highest BCUT2D eigenvalue weighted by molar-refractivity contribution is 5.89. The van der Waals surface area contributed by atoms with Crippen molar-refractivity contribution in [2.45, 2.75) is 31.7 Å². The summed E-state index contributed by atoms with van der Waals surface area (Å²) in [7, 11) is 0. The van der Waals surface area contributed by atoms with Crippen molar-refractivity contribution in [1.29, 1.82) is 0 Å². The van der Waals surface area contributed by atoms with Crippen LogP contribution in [0.2, 0.25) is 0 Å². The van der Waals surface area contributed by atoms with Crippen LogP contribution in [0, 0.1) is 0 Å². The number of hydrogen-bond donors (Lipinski definition) is 1. The Balaban J connectivity index is 1.58. The second-order valence-electron chi connectivity index (χ2n) is 6.78. The Hall–Kier alpha value is -2.33. The molecule has 4 heteroatoms. The topological polar surface area (TPSA) is 41.6 Å². The fourth-order valence-corrected chi connectivity index (χ4v) is 4.06. The van der Waals surface area contributed by atoms with E-state index in [9.17, 15) is 4.79 Å². The van der Waals surface area contributed by atoms with Crippen LogP contribution in [0.3, 0.4) is 0 Å². The molecule has 2 heterocycles. The SMILES string of the molecule is CCN1CCC[C@@H]1CNC(=O)C1c2ccccc2Oc2ccccc21. The zero-order chi connectivity index (χ0) is 17.2. The Morgan fingerprint density at radius 2 is 1.76 bits per heavy atom. The Labute approximate surface area is 148 Å². The number of nitrogens with one attached hydrogen (secondary N) is 1. The van der Waals surface area contributed by atoms with Crippen molar-refractivity contribution in [2.75, 3.05) is 19.6 Å². The van der Waals surface area contributed by atoms with Crippen LogP contribution < -0.4 is 10.1 Å². The van der Waals surface area contributed by atoms with Crippen LogP contribution in [-0.4, -0.2) is 36.5 Å². The molecule has 1 saturated heterocycles. The van der Waals surface area contributed by atoms with Gasteiger partial charge in [0, 0.05) is 23.7 Å². The van der Waals surface area contributed by atoms with Gasteiger partial charge in [0.2, 0.25) is 5.91 Å². The van der Waals surface area contributed by atoms with Crippen molar-refractivity contribution in [2.24, 2.45) is 0 Å². The van der Waals surface area contributed by atoms with Gasteiger partial charge in [0.25, 0.3) is 0 Å². The summed E-state index contributed by atoms with van der Waals surface area (Å²) in [5.41, 5.74) is 1.88. The van der Waals surface area contributed by atoms with Crippen molar-refractivity contribution < 1.29 is 9.53 Å². The highest BCUT2D eigenvalue weighted by Gasteiger charge is 2.33. The summed E-state index contributed by atoms with van der Waals surface area (Å²) in [6.07, 6.45) is 2.38. The van der Waals surface area contributed by atoms with E-state index < -0.39 is 0 Å². The highest BCUT2D eigenvalue weighted by Crippen LogP contribution is 2.43. The second kappa shape index (κ2) is 6.89. The average Bonchev–Trinajstić information content (AvgIpc) is 3.11. The minimum atomic E-state index is -0.308. The van der Waals surface area contributed by atoms with Gasteiger partial charge in [-0.3, -0.25) is 9.69 Å². The van der Waals surface area contributed by atoms with Gasteiger partial charge in [-0.25, -0.2) is 0 Å². The first kappa shape index (κ1) is 16.2. The van der Waals surface area contributed by atoms with Crippen molar-refractivity contribution in [3.8, 4) is 11.5 Å². The lowest BCUT2D eigenvalue weighted by Gasteiger charge is -2.29. The molecule has 130 valence electrons. The molecule has 0 aromatic heterocycles. The van der Waals surface area contributed by atoms with Crippen LogP contribution in [0.1, 0.15) is 36.8 Å². The first-order valence-electron chi connectivity index (χ1n) is 9.15. The van der Waals surface area contributed by atoms with E-state index in [1.165, 1.54) is 6.42 Å². The van der Waals surface area contributed by atoms with Crippen molar-refractivity contribution in [1.82, 2.24) is 10.2 Å². The largest absolute Gasteiger partial charge is 0.457 e. The van der Waals surface area contributed by atoms with Crippen LogP contribution in [0.4, 0.5) is 0 Å². The van der Waals surface area contributed by atoms with Gasteiger partial charge in [0.15, 0.2) is 0 Å². The van der Waals surface area contributed by atoms with E-state index in [0.717, 1.165) is 42.1 Å². The fourth-order valence-electron chi connectivity index (χ4n) is 4.06. The number of carbonyl (C=O) groups excluding carboxylic acids is 1. The lowest BCUT2D eigenvalue weighted by atomic mass is 9.87. The molecular weight excluding hydrogens is 312 g/mol. The molecule has 4 nitrogen and oxygen atoms in total. The Kier molecular flexibility index (Phi) is 4.45. The average molecular weight is 336 g/mol. The molecule has 0 spiro atoms. The van der Waals surface area contributed by atoms with Gasteiger partial charge in [-0.1, -0.05) is 43.3 Å². The third kappa shape index (κ3) is 3.02. The first-order valence-corrected chi connectivity index (χ1v) is 9.15. The van der Waals surface area contributed by atoms with Crippen LogP contribution in [0.5, 0.6) is 11.5 Å². The van der Waals surface area contributed by atoms with Crippen LogP contribution >= 0.6 is 0 Å². The van der Waals surface area contributed by atoms with Gasteiger partial charge in [-0.05, 0) is 38.1 Å². The summed E-state index contributed by atoms with van der Waals surface area (Å²) >= 11 is 0. The third-order valence-electron chi connectivity index (χ3n) is 5.36. The standard InChI is InChI=1S/C21H24N2O2/c1-2-23-13-7-8-15(23)14-22-21(24)20-16-9-3-5-11-18(16)25-19-12-6-4-10-17(19)20/h3-6,9-12,15,20H,2,7-8,13-14H2,1H3,(H,22,24)/t15-/m1/s1.